The van der Waals surface area contributed by atoms with Crippen LogP contribution in [0.1, 0.15) is 33.6 Å². The van der Waals surface area contributed by atoms with E-state index in [0.717, 1.165) is 16.0 Å². The predicted octanol–water partition coefficient (Wildman–Crippen LogP) is 4.47. The lowest BCUT2D eigenvalue weighted by Crippen LogP contribution is -2.41. The zero-order chi connectivity index (χ0) is 26.0. The van der Waals surface area contributed by atoms with Crippen molar-refractivity contribution in [3.8, 4) is 11.1 Å². The molecule has 36 heavy (non-hydrogen) atoms. The number of carboxylic acids is 1. The number of carbonyl (C=O) groups excluding carboxylic acids is 2. The second-order valence-electron chi connectivity index (χ2n) is 8.14. The molecular weight excluding hydrogens is 527 g/mol. The molecule has 3 aromatic rings. The number of fused-ring (bicyclic) bond motifs is 1. The van der Waals surface area contributed by atoms with Crippen LogP contribution in [0, 0.1) is 0 Å². The fraction of sp³-hybridized carbons (Fsp3) is 0.160. The number of hydrogen-bond acceptors (Lipinski definition) is 5. The zero-order valence-corrected chi connectivity index (χ0v) is 21.0. The van der Waals surface area contributed by atoms with Crippen LogP contribution in [0.15, 0.2) is 71.6 Å². The summed E-state index contributed by atoms with van der Waals surface area (Å²) in [6.45, 7) is -0.0642. The van der Waals surface area contributed by atoms with Crippen LogP contribution in [0.5, 0.6) is 0 Å². The Labute approximate surface area is 217 Å². The molecule has 1 heterocycles. The molecule has 186 valence electrons. The number of benzene rings is 3. The molecule has 0 spiro atoms. The van der Waals surface area contributed by atoms with Gasteiger partial charge in [0.05, 0.1) is 16.0 Å². The smallest absolute Gasteiger partial charge is 0.321 e. The topological polar surface area (TPSA) is 121 Å². The summed E-state index contributed by atoms with van der Waals surface area (Å²) in [4.78, 5) is 37.7. The van der Waals surface area contributed by atoms with Crippen LogP contribution in [0.4, 0.5) is 0 Å². The number of rotatable bonds is 9. The van der Waals surface area contributed by atoms with Crippen molar-refractivity contribution in [1.82, 2.24) is 9.62 Å². The number of sulfonamides is 1. The van der Waals surface area contributed by atoms with Crippen LogP contribution < -0.4 is 4.72 Å². The Balaban J connectivity index is 1.40. The summed E-state index contributed by atoms with van der Waals surface area (Å²) >= 11 is 11.8. The van der Waals surface area contributed by atoms with Gasteiger partial charge in [-0.15, -0.1) is 0 Å². The molecule has 0 bridgehead atoms. The van der Waals surface area contributed by atoms with Gasteiger partial charge in [-0.2, -0.15) is 4.72 Å². The van der Waals surface area contributed by atoms with Crippen molar-refractivity contribution in [2.45, 2.75) is 23.8 Å². The summed E-state index contributed by atoms with van der Waals surface area (Å²) in [6, 6.07) is 16.0. The average molecular weight is 547 g/mol. The van der Waals surface area contributed by atoms with Crippen LogP contribution >= 0.6 is 23.2 Å². The number of carbonyl (C=O) groups is 3. The van der Waals surface area contributed by atoms with E-state index in [0.29, 0.717) is 10.0 Å². The van der Waals surface area contributed by atoms with Gasteiger partial charge in [0, 0.05) is 16.6 Å². The van der Waals surface area contributed by atoms with Crippen molar-refractivity contribution >= 4 is 51.0 Å². The molecule has 2 N–H and O–H groups in total. The van der Waals surface area contributed by atoms with E-state index in [1.165, 1.54) is 30.3 Å². The van der Waals surface area contributed by atoms with Gasteiger partial charge in [0.25, 0.3) is 11.8 Å². The molecule has 0 aromatic heterocycles. The van der Waals surface area contributed by atoms with Gasteiger partial charge >= 0.3 is 5.97 Å². The highest BCUT2D eigenvalue weighted by Gasteiger charge is 2.35. The van der Waals surface area contributed by atoms with Crippen LogP contribution in [0.2, 0.25) is 10.0 Å². The number of imide groups is 1. The van der Waals surface area contributed by atoms with Crippen LogP contribution in [-0.4, -0.2) is 48.8 Å². The summed E-state index contributed by atoms with van der Waals surface area (Å²) in [7, 11) is -4.14. The minimum atomic E-state index is -4.14. The van der Waals surface area contributed by atoms with Crippen LogP contribution in [-0.2, 0) is 14.8 Å². The molecule has 1 atom stereocenters. The number of halogens is 2. The van der Waals surface area contributed by atoms with Crippen molar-refractivity contribution < 1.29 is 27.9 Å². The Morgan fingerprint density at radius 1 is 0.861 bits per heavy atom. The number of hydrogen-bond donors (Lipinski definition) is 2. The van der Waals surface area contributed by atoms with E-state index in [4.69, 9.17) is 23.2 Å². The molecule has 0 saturated heterocycles. The minimum Gasteiger partial charge on any atom is -0.480 e. The summed E-state index contributed by atoms with van der Waals surface area (Å²) in [5.41, 5.74) is 2.02. The number of nitrogens with zero attached hydrogens (tertiary/aromatic N) is 1. The fourth-order valence-electron chi connectivity index (χ4n) is 3.88. The lowest BCUT2D eigenvalue weighted by Gasteiger charge is -2.17. The molecule has 2 amide bonds. The number of nitrogens with one attached hydrogen (secondary N) is 1. The molecular formula is C25H20Cl2N2O6S. The van der Waals surface area contributed by atoms with E-state index in [9.17, 15) is 27.9 Å². The van der Waals surface area contributed by atoms with Crippen molar-refractivity contribution in [2.75, 3.05) is 6.54 Å². The normalized spacial score (nSPS) is 14.1. The lowest BCUT2D eigenvalue weighted by molar-refractivity contribution is -0.139. The first-order valence-corrected chi connectivity index (χ1v) is 13.1. The molecule has 0 radical (unpaired) electrons. The van der Waals surface area contributed by atoms with Gasteiger partial charge in [-0.1, -0.05) is 47.5 Å². The highest BCUT2D eigenvalue weighted by atomic mass is 35.5. The van der Waals surface area contributed by atoms with Gasteiger partial charge in [0.2, 0.25) is 10.0 Å². The maximum atomic E-state index is 12.8. The average Bonchev–Trinajstić information content (AvgIpc) is 3.08. The second kappa shape index (κ2) is 10.4. The van der Waals surface area contributed by atoms with Crippen molar-refractivity contribution in [3.05, 3.63) is 87.9 Å². The Hall–Kier alpha value is -3.24. The molecule has 0 saturated carbocycles. The quantitative estimate of drug-likeness (QED) is 0.382. The van der Waals surface area contributed by atoms with Crippen molar-refractivity contribution in [1.29, 1.82) is 0 Å². The van der Waals surface area contributed by atoms with E-state index >= 15 is 0 Å². The summed E-state index contributed by atoms with van der Waals surface area (Å²) < 4.78 is 27.8. The molecule has 3 aromatic carbocycles. The lowest BCUT2D eigenvalue weighted by atomic mass is 10.1. The van der Waals surface area contributed by atoms with E-state index in [-0.39, 0.29) is 35.4 Å². The molecule has 0 aliphatic carbocycles. The Morgan fingerprint density at radius 2 is 1.42 bits per heavy atom. The third-order valence-corrected chi connectivity index (χ3v) is 7.72. The third kappa shape index (κ3) is 5.44. The molecule has 1 aliphatic rings. The molecule has 8 nitrogen and oxygen atoms in total. The van der Waals surface area contributed by atoms with E-state index in [1.807, 2.05) is 0 Å². The van der Waals surface area contributed by atoms with Gasteiger partial charge in [-0.05, 0) is 66.4 Å². The molecule has 0 fully saturated rings. The monoisotopic (exact) mass is 546 g/mol. The van der Waals surface area contributed by atoms with Gasteiger partial charge in [-0.25, -0.2) is 8.42 Å². The molecule has 1 aliphatic heterocycles. The van der Waals surface area contributed by atoms with Gasteiger partial charge in [0.1, 0.15) is 6.04 Å². The maximum absolute atomic E-state index is 12.8. The SMILES string of the molecule is O=C(O)[C@H](CCCN1C(=O)c2ccc(Cl)cc2C1=O)NS(=O)(=O)c1ccc(-c2ccc(Cl)cc2)cc1. The predicted molar refractivity (Wildman–Crippen MR) is 135 cm³/mol. The second-order valence-corrected chi connectivity index (χ2v) is 10.7. The molecule has 0 unspecified atom stereocenters. The highest BCUT2D eigenvalue weighted by molar-refractivity contribution is 7.89. The molecule has 4 rings (SSSR count). The van der Waals surface area contributed by atoms with Gasteiger partial charge < -0.3 is 5.11 Å². The zero-order valence-electron chi connectivity index (χ0n) is 18.6. The first kappa shape index (κ1) is 25.8. The summed E-state index contributed by atoms with van der Waals surface area (Å²) in [6.07, 6.45) is -0.0558. The number of amides is 2. The fourth-order valence-corrected chi connectivity index (χ4v) is 5.40. The first-order chi connectivity index (χ1) is 17.1. The third-order valence-electron chi connectivity index (χ3n) is 5.74. The van der Waals surface area contributed by atoms with E-state index in [1.54, 1.807) is 36.4 Å². The van der Waals surface area contributed by atoms with Gasteiger partial charge in [0.15, 0.2) is 0 Å². The summed E-state index contributed by atoms with van der Waals surface area (Å²) in [5.74, 6) is -2.39. The largest absolute Gasteiger partial charge is 0.480 e. The number of aliphatic carboxylic acids is 1. The number of carboxylic acid groups (broad SMARTS) is 1. The molecule has 11 heteroatoms. The standard InChI is InChI=1S/C25H20Cl2N2O6S/c26-17-7-3-15(4-8-17)16-5-10-19(11-6-16)36(34,35)28-22(25(32)33)2-1-13-29-23(30)20-12-9-18(27)14-21(20)24(29)31/h3-12,14,22,28H,1-2,13H2,(H,32,33)/t22-/m0/s1. The Morgan fingerprint density at radius 3 is 2.03 bits per heavy atom. The van der Waals surface area contributed by atoms with E-state index in [2.05, 4.69) is 4.72 Å². The first-order valence-electron chi connectivity index (χ1n) is 10.8. The van der Waals surface area contributed by atoms with E-state index < -0.39 is 33.8 Å². The van der Waals surface area contributed by atoms with Crippen LogP contribution in [0.25, 0.3) is 11.1 Å². The van der Waals surface area contributed by atoms with Gasteiger partial charge in [-0.3, -0.25) is 19.3 Å². The van der Waals surface area contributed by atoms with Crippen molar-refractivity contribution in [2.24, 2.45) is 0 Å². The Kier molecular flexibility index (Phi) is 7.46. The van der Waals surface area contributed by atoms with Crippen LogP contribution in [0.3, 0.4) is 0 Å². The minimum absolute atomic E-state index is 0.0642. The Bertz CT molecular complexity index is 1440. The highest BCUT2D eigenvalue weighted by Crippen LogP contribution is 2.26. The van der Waals surface area contributed by atoms with Crippen molar-refractivity contribution in [3.63, 3.8) is 0 Å². The maximum Gasteiger partial charge on any atom is 0.321 e. The summed E-state index contributed by atoms with van der Waals surface area (Å²) in [5, 5.41) is 10.5.